The van der Waals surface area contributed by atoms with Crippen LogP contribution in [-0.2, 0) is 11.3 Å². The lowest BCUT2D eigenvalue weighted by Gasteiger charge is -1.96. The molecule has 0 N–H and O–H groups in total. The van der Waals surface area contributed by atoms with Crippen LogP contribution in [0.4, 0.5) is 0 Å². The van der Waals surface area contributed by atoms with Gasteiger partial charge in [-0.25, -0.2) is 0 Å². The maximum absolute atomic E-state index is 8.46. The van der Waals surface area contributed by atoms with E-state index in [0.29, 0.717) is 12.2 Å². The first-order chi connectivity index (χ1) is 5.36. The molecule has 0 aliphatic carbocycles. The Labute approximate surface area is 66.0 Å². The molecule has 1 rings (SSSR count). The fourth-order valence-corrected chi connectivity index (χ4v) is 0.793. The summed E-state index contributed by atoms with van der Waals surface area (Å²) in [6, 6.07) is 9.26. The summed E-state index contributed by atoms with van der Waals surface area (Å²) in [5, 5.41) is 8.46. The Bertz CT molecular complexity index is 258. The second-order valence-electron chi connectivity index (χ2n) is 2.16. The third kappa shape index (κ3) is 2.06. The number of hydrogen-bond acceptors (Lipinski definition) is 2. The standard InChI is InChI=1S/C9H8NO/c1-11-7-9-4-2-8(6-10)3-5-9/h2-5H,1,7H2. The quantitative estimate of drug-likeness (QED) is 0.638. The van der Waals surface area contributed by atoms with Crippen LogP contribution in [0.1, 0.15) is 11.1 Å². The molecule has 1 aromatic carbocycles. The van der Waals surface area contributed by atoms with Crippen molar-refractivity contribution in [3.05, 3.63) is 42.5 Å². The molecule has 1 radical (unpaired) electrons. The van der Waals surface area contributed by atoms with Crippen LogP contribution in [0, 0.1) is 18.4 Å². The average Bonchev–Trinajstić information content (AvgIpc) is 2.07. The van der Waals surface area contributed by atoms with Crippen molar-refractivity contribution in [2.45, 2.75) is 6.61 Å². The van der Waals surface area contributed by atoms with Gasteiger partial charge in [0, 0.05) is 0 Å². The van der Waals surface area contributed by atoms with Crippen LogP contribution in [-0.4, -0.2) is 0 Å². The summed E-state index contributed by atoms with van der Waals surface area (Å²) in [6.45, 7) is 0.492. The summed E-state index contributed by atoms with van der Waals surface area (Å²) in [6.07, 6.45) is 0. The summed E-state index contributed by atoms with van der Waals surface area (Å²) >= 11 is 0. The van der Waals surface area contributed by atoms with Gasteiger partial charge in [-0.1, -0.05) is 12.1 Å². The number of nitriles is 1. The molecule has 1 aromatic rings. The maximum Gasteiger partial charge on any atom is 0.0991 e. The van der Waals surface area contributed by atoms with E-state index in [1.165, 1.54) is 0 Å². The largest absolute Gasteiger partial charge is 0.374 e. The zero-order chi connectivity index (χ0) is 8.10. The Balaban J connectivity index is 2.76. The zero-order valence-electron chi connectivity index (χ0n) is 6.08. The fourth-order valence-electron chi connectivity index (χ4n) is 0.793. The first-order valence-corrected chi connectivity index (χ1v) is 3.23. The van der Waals surface area contributed by atoms with E-state index in [-0.39, 0.29) is 0 Å². The summed E-state index contributed by atoms with van der Waals surface area (Å²) in [4.78, 5) is 0. The van der Waals surface area contributed by atoms with Crippen molar-refractivity contribution >= 4 is 0 Å². The highest BCUT2D eigenvalue weighted by molar-refractivity contribution is 5.31. The minimum atomic E-state index is 0.492. The molecule has 0 saturated heterocycles. The van der Waals surface area contributed by atoms with Crippen molar-refractivity contribution in [2.24, 2.45) is 0 Å². The molecule has 0 fully saturated rings. The summed E-state index contributed by atoms with van der Waals surface area (Å²) < 4.78 is 4.67. The minimum Gasteiger partial charge on any atom is -0.374 e. The molecule has 0 aliphatic rings. The molecule has 0 saturated carbocycles. The van der Waals surface area contributed by atoms with Gasteiger partial charge in [-0.2, -0.15) is 5.26 Å². The van der Waals surface area contributed by atoms with Crippen LogP contribution in [0.3, 0.4) is 0 Å². The van der Waals surface area contributed by atoms with Gasteiger partial charge in [0.05, 0.1) is 25.3 Å². The van der Waals surface area contributed by atoms with Crippen molar-refractivity contribution in [2.75, 3.05) is 0 Å². The van der Waals surface area contributed by atoms with E-state index >= 15 is 0 Å². The molecule has 0 aliphatic heterocycles. The van der Waals surface area contributed by atoms with Crippen LogP contribution in [0.25, 0.3) is 0 Å². The fraction of sp³-hybridized carbons (Fsp3) is 0.111. The molecule has 0 atom stereocenters. The number of benzene rings is 1. The Kier molecular flexibility index (Phi) is 2.65. The molecule has 11 heavy (non-hydrogen) atoms. The molecule has 0 spiro atoms. The summed E-state index contributed by atoms with van der Waals surface area (Å²) in [7, 11) is 3.26. The molecule has 0 amide bonds. The predicted octanol–water partition coefficient (Wildman–Crippen LogP) is 1.87. The maximum atomic E-state index is 8.46. The molecular formula is C9H8NO. The van der Waals surface area contributed by atoms with E-state index in [1.54, 1.807) is 12.1 Å². The number of hydrogen-bond donors (Lipinski definition) is 0. The van der Waals surface area contributed by atoms with E-state index in [2.05, 4.69) is 11.8 Å². The molecule has 55 valence electrons. The van der Waals surface area contributed by atoms with Crippen molar-refractivity contribution in [1.82, 2.24) is 0 Å². The van der Waals surface area contributed by atoms with Gasteiger partial charge in [0.1, 0.15) is 0 Å². The van der Waals surface area contributed by atoms with Crippen molar-refractivity contribution in [1.29, 1.82) is 5.26 Å². The minimum absolute atomic E-state index is 0.492. The molecule has 2 heteroatoms. The van der Waals surface area contributed by atoms with Gasteiger partial charge in [0.25, 0.3) is 0 Å². The van der Waals surface area contributed by atoms with Crippen LogP contribution in [0.5, 0.6) is 0 Å². The van der Waals surface area contributed by atoms with Gasteiger partial charge in [-0.3, -0.25) is 0 Å². The molecule has 0 unspecified atom stereocenters. The second kappa shape index (κ2) is 3.75. The Morgan fingerprint density at radius 2 is 2.00 bits per heavy atom. The first-order valence-electron chi connectivity index (χ1n) is 3.23. The Morgan fingerprint density at radius 3 is 2.45 bits per heavy atom. The van der Waals surface area contributed by atoms with Crippen molar-refractivity contribution in [3.8, 4) is 6.07 Å². The second-order valence-corrected chi connectivity index (χ2v) is 2.16. The van der Waals surface area contributed by atoms with E-state index < -0.39 is 0 Å². The first kappa shape index (κ1) is 7.77. The van der Waals surface area contributed by atoms with E-state index in [9.17, 15) is 0 Å². The topological polar surface area (TPSA) is 33.0 Å². The van der Waals surface area contributed by atoms with E-state index in [0.717, 1.165) is 5.56 Å². The molecule has 2 nitrogen and oxygen atoms in total. The third-order valence-electron chi connectivity index (χ3n) is 1.35. The smallest absolute Gasteiger partial charge is 0.0991 e. The lowest BCUT2D eigenvalue weighted by molar-refractivity contribution is 0.229. The van der Waals surface area contributed by atoms with Gasteiger partial charge in [-0.05, 0) is 17.7 Å². The molecule has 0 aromatic heterocycles. The number of rotatable bonds is 2. The lowest BCUT2D eigenvalue weighted by atomic mass is 10.2. The molecule has 0 heterocycles. The predicted molar refractivity (Wildman–Crippen MR) is 41.3 cm³/mol. The Morgan fingerprint density at radius 1 is 1.36 bits per heavy atom. The van der Waals surface area contributed by atoms with Gasteiger partial charge in [0.2, 0.25) is 0 Å². The zero-order valence-corrected chi connectivity index (χ0v) is 6.08. The monoisotopic (exact) mass is 146 g/mol. The number of nitrogens with zero attached hydrogens (tertiary/aromatic N) is 1. The van der Waals surface area contributed by atoms with Gasteiger partial charge >= 0.3 is 0 Å². The highest BCUT2D eigenvalue weighted by atomic mass is 16.5. The summed E-state index contributed by atoms with van der Waals surface area (Å²) in [5.74, 6) is 0. The lowest BCUT2D eigenvalue weighted by Crippen LogP contribution is -1.84. The number of ether oxygens (including phenoxy) is 1. The van der Waals surface area contributed by atoms with Gasteiger partial charge in [-0.15, -0.1) is 0 Å². The highest BCUT2D eigenvalue weighted by Gasteiger charge is 1.91. The molecule has 0 bridgehead atoms. The van der Waals surface area contributed by atoms with Gasteiger partial charge in [0.15, 0.2) is 0 Å². The van der Waals surface area contributed by atoms with Crippen LogP contribution in [0.2, 0.25) is 0 Å². The highest BCUT2D eigenvalue weighted by Crippen LogP contribution is 2.03. The van der Waals surface area contributed by atoms with Crippen molar-refractivity contribution in [3.63, 3.8) is 0 Å². The van der Waals surface area contributed by atoms with Gasteiger partial charge < -0.3 is 4.74 Å². The SMILES string of the molecule is [CH2]OCc1ccc(C#N)cc1. The molecular weight excluding hydrogens is 138 g/mol. The van der Waals surface area contributed by atoms with E-state index in [4.69, 9.17) is 5.26 Å². The Hall–Kier alpha value is -1.33. The normalized spacial score (nSPS) is 9.09. The van der Waals surface area contributed by atoms with E-state index in [1.807, 2.05) is 18.2 Å². The van der Waals surface area contributed by atoms with Crippen LogP contribution >= 0.6 is 0 Å². The van der Waals surface area contributed by atoms with Crippen LogP contribution < -0.4 is 0 Å². The average molecular weight is 146 g/mol. The van der Waals surface area contributed by atoms with Crippen molar-refractivity contribution < 1.29 is 4.74 Å². The third-order valence-corrected chi connectivity index (χ3v) is 1.35. The summed E-state index contributed by atoms with van der Waals surface area (Å²) in [5.41, 5.74) is 1.69. The van der Waals surface area contributed by atoms with Crippen LogP contribution in [0.15, 0.2) is 24.3 Å².